The van der Waals surface area contributed by atoms with E-state index in [0.29, 0.717) is 38.1 Å². The number of ether oxygens (including phenoxy) is 1. The first kappa shape index (κ1) is 16.4. The highest BCUT2D eigenvalue weighted by Gasteiger charge is 2.25. The minimum atomic E-state index is -0.158. The average molecular weight is 331 g/mol. The fraction of sp³-hybridized carbons (Fsp3) is 0.500. The van der Waals surface area contributed by atoms with E-state index in [1.807, 2.05) is 6.92 Å². The maximum Gasteiger partial charge on any atom is 0.257 e. The molecule has 2 aromatic heterocycles. The predicted molar refractivity (Wildman–Crippen MR) is 86.7 cm³/mol. The van der Waals surface area contributed by atoms with Crippen LogP contribution in [0.25, 0.3) is 0 Å². The van der Waals surface area contributed by atoms with Crippen molar-refractivity contribution >= 4 is 5.91 Å². The molecule has 0 aromatic carbocycles. The van der Waals surface area contributed by atoms with Crippen LogP contribution < -0.4 is 5.56 Å². The van der Waals surface area contributed by atoms with E-state index >= 15 is 0 Å². The Hall–Kier alpha value is -2.48. The largest absolute Gasteiger partial charge is 0.375 e. The molecule has 0 saturated carbocycles. The number of hydrogen-bond donors (Lipinski definition) is 1. The van der Waals surface area contributed by atoms with Crippen molar-refractivity contribution < 1.29 is 9.53 Å². The third kappa shape index (κ3) is 3.88. The van der Waals surface area contributed by atoms with Gasteiger partial charge < -0.3 is 14.6 Å². The molecule has 1 fully saturated rings. The van der Waals surface area contributed by atoms with Gasteiger partial charge in [0.2, 0.25) is 0 Å². The summed E-state index contributed by atoms with van der Waals surface area (Å²) in [6, 6.07) is 1.49. The number of carbonyl (C=O) groups excluding carboxylic acids is 1. The number of amides is 1. The van der Waals surface area contributed by atoms with Gasteiger partial charge in [-0.15, -0.1) is 0 Å². The first-order valence-corrected chi connectivity index (χ1v) is 8.12. The number of nitrogens with zero attached hydrogens (tertiary/aromatic N) is 4. The number of aromatic amines is 1. The van der Waals surface area contributed by atoms with E-state index in [9.17, 15) is 9.59 Å². The summed E-state index contributed by atoms with van der Waals surface area (Å²) < 4.78 is 7.48. The van der Waals surface area contributed by atoms with Crippen molar-refractivity contribution in [2.75, 3.05) is 19.7 Å². The molecule has 0 radical (unpaired) electrons. The molecular weight excluding hydrogens is 310 g/mol. The van der Waals surface area contributed by atoms with Crippen molar-refractivity contribution in [1.82, 2.24) is 24.6 Å². The molecule has 0 unspecified atom stereocenters. The van der Waals surface area contributed by atoms with Crippen LogP contribution in [0.15, 0.2) is 29.6 Å². The fourth-order valence-corrected chi connectivity index (χ4v) is 2.76. The van der Waals surface area contributed by atoms with Gasteiger partial charge in [0.25, 0.3) is 11.5 Å². The molecule has 3 heterocycles. The summed E-state index contributed by atoms with van der Waals surface area (Å²) >= 11 is 0. The van der Waals surface area contributed by atoms with Gasteiger partial charge in [-0.2, -0.15) is 5.10 Å². The van der Waals surface area contributed by atoms with Crippen LogP contribution in [0.1, 0.15) is 29.4 Å². The first-order valence-electron chi connectivity index (χ1n) is 8.12. The van der Waals surface area contributed by atoms with Gasteiger partial charge in [0, 0.05) is 37.6 Å². The fourth-order valence-electron chi connectivity index (χ4n) is 2.76. The van der Waals surface area contributed by atoms with Crippen molar-refractivity contribution in [3.05, 3.63) is 46.4 Å². The molecule has 8 heteroatoms. The smallest absolute Gasteiger partial charge is 0.257 e. The second-order valence-electron chi connectivity index (χ2n) is 5.77. The Morgan fingerprint density at radius 3 is 3.12 bits per heavy atom. The summed E-state index contributed by atoms with van der Waals surface area (Å²) in [4.78, 5) is 32.3. The maximum atomic E-state index is 12.6. The number of rotatable bonds is 5. The van der Waals surface area contributed by atoms with E-state index in [1.165, 1.54) is 12.4 Å². The van der Waals surface area contributed by atoms with E-state index in [0.717, 1.165) is 12.2 Å². The monoisotopic (exact) mass is 331 g/mol. The molecule has 24 heavy (non-hydrogen) atoms. The Balaban J connectivity index is 1.57. The zero-order chi connectivity index (χ0) is 16.9. The zero-order valence-corrected chi connectivity index (χ0v) is 13.6. The standard InChI is InChI=1S/C16H21N5O3/c1-2-21-9-12(8-19-21)16(23)20-5-6-24-14(10-20)4-3-13-7-15(22)18-11-17-13/h7-9,11,14H,2-6,10H2,1H3,(H,17,18,22)/t14-/m1/s1. The molecule has 1 aliphatic heterocycles. The second kappa shape index (κ2) is 7.39. The van der Waals surface area contributed by atoms with Crippen molar-refractivity contribution in [2.45, 2.75) is 32.4 Å². The normalized spacial score (nSPS) is 17.9. The maximum absolute atomic E-state index is 12.6. The van der Waals surface area contributed by atoms with Crippen LogP contribution in [0.4, 0.5) is 0 Å². The number of carbonyl (C=O) groups is 1. The lowest BCUT2D eigenvalue weighted by molar-refractivity contribution is -0.0247. The summed E-state index contributed by atoms with van der Waals surface area (Å²) in [5.41, 5.74) is 1.18. The molecule has 0 spiro atoms. The minimum absolute atomic E-state index is 0.0164. The van der Waals surface area contributed by atoms with Gasteiger partial charge in [-0.1, -0.05) is 0 Å². The van der Waals surface area contributed by atoms with Gasteiger partial charge in [-0.3, -0.25) is 14.3 Å². The number of H-pyrrole nitrogens is 1. The number of nitrogens with one attached hydrogen (secondary N) is 1. The van der Waals surface area contributed by atoms with Gasteiger partial charge in [-0.05, 0) is 19.8 Å². The minimum Gasteiger partial charge on any atom is -0.375 e. The Morgan fingerprint density at radius 1 is 1.50 bits per heavy atom. The SMILES string of the molecule is CCn1cc(C(=O)N2CCO[C@H](CCc3cc(=O)[nH]cn3)C2)cn1. The van der Waals surface area contributed by atoms with Crippen LogP contribution in [-0.2, 0) is 17.7 Å². The van der Waals surface area contributed by atoms with E-state index in [4.69, 9.17) is 4.74 Å². The van der Waals surface area contributed by atoms with Gasteiger partial charge in [0.05, 0.1) is 30.8 Å². The van der Waals surface area contributed by atoms with E-state index in [2.05, 4.69) is 15.1 Å². The second-order valence-corrected chi connectivity index (χ2v) is 5.77. The van der Waals surface area contributed by atoms with Crippen molar-refractivity contribution in [3.8, 4) is 0 Å². The quantitative estimate of drug-likeness (QED) is 0.859. The van der Waals surface area contributed by atoms with Crippen LogP contribution in [0.3, 0.4) is 0 Å². The van der Waals surface area contributed by atoms with Crippen LogP contribution >= 0.6 is 0 Å². The summed E-state index contributed by atoms with van der Waals surface area (Å²) in [6.45, 7) is 4.35. The summed E-state index contributed by atoms with van der Waals surface area (Å²) in [5.74, 6) is -0.0164. The summed E-state index contributed by atoms with van der Waals surface area (Å²) in [7, 11) is 0. The lowest BCUT2D eigenvalue weighted by Crippen LogP contribution is -2.45. The Morgan fingerprint density at radius 2 is 2.38 bits per heavy atom. The van der Waals surface area contributed by atoms with E-state index in [-0.39, 0.29) is 17.6 Å². The number of aryl methyl sites for hydroxylation is 2. The summed E-state index contributed by atoms with van der Waals surface area (Å²) in [5, 5.41) is 4.15. The van der Waals surface area contributed by atoms with Crippen LogP contribution in [0, 0.1) is 0 Å². The first-order chi connectivity index (χ1) is 11.7. The van der Waals surface area contributed by atoms with Gasteiger partial charge in [0.1, 0.15) is 0 Å². The predicted octanol–water partition coefficient (Wildman–Crippen LogP) is 0.460. The van der Waals surface area contributed by atoms with Crippen molar-refractivity contribution in [1.29, 1.82) is 0 Å². The molecule has 0 aliphatic carbocycles. The van der Waals surface area contributed by atoms with E-state index in [1.54, 1.807) is 22.0 Å². The van der Waals surface area contributed by atoms with Crippen LogP contribution in [-0.4, -0.2) is 56.4 Å². The molecule has 8 nitrogen and oxygen atoms in total. The third-order valence-electron chi connectivity index (χ3n) is 4.09. The van der Waals surface area contributed by atoms with Crippen molar-refractivity contribution in [3.63, 3.8) is 0 Å². The highest BCUT2D eigenvalue weighted by atomic mass is 16.5. The topological polar surface area (TPSA) is 93.1 Å². The number of morpholine rings is 1. The molecule has 1 saturated heterocycles. The van der Waals surface area contributed by atoms with Gasteiger partial charge in [0.15, 0.2) is 0 Å². The van der Waals surface area contributed by atoms with E-state index < -0.39 is 0 Å². The Kier molecular flexibility index (Phi) is 5.05. The summed E-state index contributed by atoms with van der Waals surface area (Å²) in [6.07, 6.45) is 6.09. The molecule has 3 rings (SSSR count). The van der Waals surface area contributed by atoms with Gasteiger partial charge in [-0.25, -0.2) is 4.98 Å². The van der Waals surface area contributed by atoms with Crippen molar-refractivity contribution in [2.24, 2.45) is 0 Å². The van der Waals surface area contributed by atoms with Crippen LogP contribution in [0.2, 0.25) is 0 Å². The molecule has 1 amide bonds. The molecule has 2 aromatic rings. The average Bonchev–Trinajstić information content (AvgIpc) is 3.09. The molecule has 1 atom stereocenters. The van der Waals surface area contributed by atoms with Crippen LogP contribution in [0.5, 0.6) is 0 Å². The Bertz CT molecular complexity index is 754. The number of aromatic nitrogens is 4. The highest BCUT2D eigenvalue weighted by Crippen LogP contribution is 2.14. The molecule has 1 N–H and O–H groups in total. The Labute approximate surface area is 139 Å². The third-order valence-corrected chi connectivity index (χ3v) is 4.09. The highest BCUT2D eigenvalue weighted by molar-refractivity contribution is 5.93. The molecule has 128 valence electrons. The lowest BCUT2D eigenvalue weighted by atomic mass is 10.1. The molecule has 1 aliphatic rings. The molecule has 0 bridgehead atoms. The molecular formula is C16H21N5O3. The van der Waals surface area contributed by atoms with Gasteiger partial charge >= 0.3 is 0 Å². The number of hydrogen-bond acceptors (Lipinski definition) is 5. The lowest BCUT2D eigenvalue weighted by Gasteiger charge is -2.32. The zero-order valence-electron chi connectivity index (χ0n) is 13.6.